The summed E-state index contributed by atoms with van der Waals surface area (Å²) in [7, 11) is 1.56. The van der Waals surface area contributed by atoms with Gasteiger partial charge in [-0.05, 0) is 30.3 Å². The minimum absolute atomic E-state index is 0.0330. The molecular weight excluding hydrogens is 338 g/mol. The number of benzene rings is 2. The number of carbonyl (C=O) groups is 1. The molecule has 1 aliphatic rings. The van der Waals surface area contributed by atoms with Crippen molar-refractivity contribution in [3.63, 3.8) is 0 Å². The number of nitrogens with zero attached hydrogens (tertiary/aromatic N) is 2. The lowest BCUT2D eigenvalue weighted by Crippen LogP contribution is -2.48. The highest BCUT2D eigenvalue weighted by molar-refractivity contribution is 6.32. The average molecular weight is 360 g/mol. The van der Waals surface area contributed by atoms with Crippen molar-refractivity contribution in [2.45, 2.75) is 0 Å². The Hall–Kier alpha value is -2.24. The van der Waals surface area contributed by atoms with E-state index in [-0.39, 0.29) is 5.91 Å². The molecule has 1 heterocycles. The summed E-state index contributed by atoms with van der Waals surface area (Å²) in [4.78, 5) is 16.8. The first-order valence-electron chi connectivity index (χ1n) is 8.31. The molecule has 3 rings (SSSR count). The first-order valence-corrected chi connectivity index (χ1v) is 8.69. The second-order valence-electron chi connectivity index (χ2n) is 6.00. The zero-order valence-corrected chi connectivity index (χ0v) is 15.0. The largest absolute Gasteiger partial charge is 0.495 e. The first-order chi connectivity index (χ1) is 12.2. The van der Waals surface area contributed by atoms with Crippen LogP contribution in [0, 0.1) is 0 Å². The molecule has 1 N–H and O–H groups in total. The predicted octanol–water partition coefficient (Wildman–Crippen LogP) is 3.11. The summed E-state index contributed by atoms with van der Waals surface area (Å²) in [6.45, 7) is 3.96. The molecule has 0 radical (unpaired) electrons. The Morgan fingerprint density at radius 1 is 1.12 bits per heavy atom. The molecule has 0 aliphatic carbocycles. The topological polar surface area (TPSA) is 44.8 Å². The van der Waals surface area contributed by atoms with Crippen LogP contribution in [0.25, 0.3) is 0 Å². The fraction of sp³-hybridized carbons (Fsp3) is 0.316. The number of carbonyl (C=O) groups excluding carboxylic acids is 1. The quantitative estimate of drug-likeness (QED) is 0.891. The van der Waals surface area contributed by atoms with Crippen LogP contribution < -0.4 is 15.0 Å². The summed E-state index contributed by atoms with van der Waals surface area (Å²) in [6, 6.07) is 15.6. The number of hydrogen-bond acceptors (Lipinski definition) is 4. The molecule has 0 saturated carbocycles. The fourth-order valence-electron chi connectivity index (χ4n) is 2.95. The number of anilines is 2. The van der Waals surface area contributed by atoms with Gasteiger partial charge in [0.05, 0.1) is 18.7 Å². The van der Waals surface area contributed by atoms with Crippen molar-refractivity contribution in [1.29, 1.82) is 0 Å². The smallest absolute Gasteiger partial charge is 0.238 e. The van der Waals surface area contributed by atoms with Gasteiger partial charge in [-0.2, -0.15) is 0 Å². The van der Waals surface area contributed by atoms with Gasteiger partial charge in [0.1, 0.15) is 5.75 Å². The molecule has 0 bridgehead atoms. The standard InChI is InChI=1S/C19H22ClN3O2/c1-25-18-8-7-15(13-17(18)20)21-19(24)14-22-9-11-23(12-10-22)16-5-3-2-4-6-16/h2-8,13H,9-12,14H2,1H3,(H,21,24). The Balaban J connectivity index is 1.49. The van der Waals surface area contributed by atoms with Crippen LogP contribution in [0.4, 0.5) is 11.4 Å². The molecule has 2 aromatic rings. The van der Waals surface area contributed by atoms with Crippen LogP contribution in [0.1, 0.15) is 0 Å². The third-order valence-electron chi connectivity index (χ3n) is 4.30. The maximum atomic E-state index is 12.3. The lowest BCUT2D eigenvalue weighted by atomic mass is 10.2. The summed E-state index contributed by atoms with van der Waals surface area (Å²) in [6.07, 6.45) is 0. The molecule has 0 spiro atoms. The third kappa shape index (κ3) is 4.65. The molecule has 1 fully saturated rings. The van der Waals surface area contributed by atoms with E-state index >= 15 is 0 Å². The van der Waals surface area contributed by atoms with Crippen LogP contribution in [0.15, 0.2) is 48.5 Å². The molecule has 132 valence electrons. The molecule has 1 aliphatic heterocycles. The average Bonchev–Trinajstić information content (AvgIpc) is 2.63. The van der Waals surface area contributed by atoms with E-state index in [2.05, 4.69) is 39.4 Å². The Morgan fingerprint density at radius 3 is 2.48 bits per heavy atom. The zero-order valence-electron chi connectivity index (χ0n) is 14.2. The van der Waals surface area contributed by atoms with Gasteiger partial charge in [0, 0.05) is 37.6 Å². The lowest BCUT2D eigenvalue weighted by molar-refractivity contribution is -0.117. The summed E-state index contributed by atoms with van der Waals surface area (Å²) in [5, 5.41) is 3.37. The van der Waals surface area contributed by atoms with Crippen molar-refractivity contribution in [1.82, 2.24) is 4.90 Å². The molecule has 1 amide bonds. The van der Waals surface area contributed by atoms with Crippen LogP contribution in [-0.4, -0.2) is 50.6 Å². The van der Waals surface area contributed by atoms with Gasteiger partial charge in [0.25, 0.3) is 0 Å². The molecule has 25 heavy (non-hydrogen) atoms. The van der Waals surface area contributed by atoms with Crippen molar-refractivity contribution in [3.05, 3.63) is 53.6 Å². The highest BCUT2D eigenvalue weighted by atomic mass is 35.5. The van der Waals surface area contributed by atoms with E-state index in [4.69, 9.17) is 16.3 Å². The summed E-state index contributed by atoms with van der Waals surface area (Å²) in [5.74, 6) is 0.561. The van der Waals surface area contributed by atoms with Crippen molar-refractivity contribution >= 4 is 28.9 Å². The van der Waals surface area contributed by atoms with Crippen LogP contribution in [0.2, 0.25) is 5.02 Å². The summed E-state index contributed by atoms with van der Waals surface area (Å²) < 4.78 is 5.12. The summed E-state index contributed by atoms with van der Waals surface area (Å²) >= 11 is 6.09. The lowest BCUT2D eigenvalue weighted by Gasteiger charge is -2.35. The highest BCUT2D eigenvalue weighted by Crippen LogP contribution is 2.27. The number of halogens is 1. The number of piperazine rings is 1. The number of ether oxygens (including phenoxy) is 1. The van der Waals surface area contributed by atoms with Gasteiger partial charge in [0.2, 0.25) is 5.91 Å². The van der Waals surface area contributed by atoms with E-state index in [1.54, 1.807) is 25.3 Å². The molecule has 6 heteroatoms. The molecule has 1 saturated heterocycles. The van der Waals surface area contributed by atoms with Gasteiger partial charge < -0.3 is 15.0 Å². The number of hydrogen-bond donors (Lipinski definition) is 1. The Bertz CT molecular complexity index is 716. The molecular formula is C19H22ClN3O2. The minimum Gasteiger partial charge on any atom is -0.495 e. The van der Waals surface area contributed by atoms with Crippen LogP contribution >= 0.6 is 11.6 Å². The molecule has 2 aromatic carbocycles. The van der Waals surface area contributed by atoms with Crippen molar-refractivity contribution < 1.29 is 9.53 Å². The molecule has 0 unspecified atom stereocenters. The van der Waals surface area contributed by atoms with E-state index < -0.39 is 0 Å². The predicted molar refractivity (Wildman–Crippen MR) is 102 cm³/mol. The van der Waals surface area contributed by atoms with E-state index in [9.17, 15) is 4.79 Å². The second-order valence-corrected chi connectivity index (χ2v) is 6.40. The number of para-hydroxylation sites is 1. The molecule has 5 nitrogen and oxygen atoms in total. The monoisotopic (exact) mass is 359 g/mol. The van der Waals surface area contributed by atoms with Gasteiger partial charge in [-0.15, -0.1) is 0 Å². The number of amides is 1. The minimum atomic E-state index is -0.0330. The SMILES string of the molecule is COc1ccc(NC(=O)CN2CCN(c3ccccc3)CC2)cc1Cl. The van der Waals surface area contributed by atoms with Gasteiger partial charge in [-0.3, -0.25) is 9.69 Å². The number of rotatable bonds is 5. The van der Waals surface area contributed by atoms with E-state index in [0.29, 0.717) is 23.0 Å². The normalized spacial score (nSPS) is 15.0. The van der Waals surface area contributed by atoms with Gasteiger partial charge in [0.15, 0.2) is 0 Å². The third-order valence-corrected chi connectivity index (χ3v) is 4.59. The Labute approximate surface area is 153 Å². The second kappa shape index (κ2) is 8.23. The Morgan fingerprint density at radius 2 is 1.84 bits per heavy atom. The van der Waals surface area contributed by atoms with E-state index in [1.807, 2.05) is 6.07 Å². The van der Waals surface area contributed by atoms with Crippen molar-refractivity contribution in [2.24, 2.45) is 0 Å². The highest BCUT2D eigenvalue weighted by Gasteiger charge is 2.19. The van der Waals surface area contributed by atoms with E-state index in [1.165, 1.54) is 5.69 Å². The molecule has 0 aromatic heterocycles. The fourth-order valence-corrected chi connectivity index (χ4v) is 3.21. The van der Waals surface area contributed by atoms with Gasteiger partial charge in [-0.25, -0.2) is 0 Å². The van der Waals surface area contributed by atoms with Crippen LogP contribution in [0.3, 0.4) is 0 Å². The van der Waals surface area contributed by atoms with Crippen LogP contribution in [0.5, 0.6) is 5.75 Å². The number of methoxy groups -OCH3 is 1. The maximum absolute atomic E-state index is 12.3. The first kappa shape index (κ1) is 17.6. The zero-order chi connectivity index (χ0) is 17.6. The Kier molecular flexibility index (Phi) is 5.79. The van der Waals surface area contributed by atoms with Crippen molar-refractivity contribution in [3.8, 4) is 5.75 Å². The van der Waals surface area contributed by atoms with Crippen LogP contribution in [-0.2, 0) is 4.79 Å². The molecule has 0 atom stereocenters. The van der Waals surface area contributed by atoms with E-state index in [0.717, 1.165) is 26.2 Å². The van der Waals surface area contributed by atoms with Gasteiger partial charge in [-0.1, -0.05) is 29.8 Å². The summed E-state index contributed by atoms with van der Waals surface area (Å²) in [5.41, 5.74) is 1.91. The number of nitrogens with one attached hydrogen (secondary N) is 1. The van der Waals surface area contributed by atoms with Gasteiger partial charge >= 0.3 is 0 Å². The van der Waals surface area contributed by atoms with Crippen molar-refractivity contribution in [2.75, 3.05) is 50.1 Å². The maximum Gasteiger partial charge on any atom is 0.238 e.